The molecule has 4 aromatic rings. The number of nitrogens with one attached hydrogen (secondary N) is 1. The summed E-state index contributed by atoms with van der Waals surface area (Å²) in [5.41, 5.74) is 5.12. The summed E-state index contributed by atoms with van der Waals surface area (Å²) < 4.78 is 24.0. The zero-order chi connectivity index (χ0) is 29.9. The summed E-state index contributed by atoms with van der Waals surface area (Å²) in [5.74, 6) is 1.72. The van der Waals surface area contributed by atoms with Crippen molar-refractivity contribution in [2.45, 2.75) is 20.1 Å². The Balaban J connectivity index is 1.41. The van der Waals surface area contributed by atoms with E-state index in [1.54, 1.807) is 19.2 Å². The molecule has 0 atom stereocenters. The molecule has 1 N–H and O–H groups in total. The molecule has 0 aliphatic carbocycles. The van der Waals surface area contributed by atoms with Crippen LogP contribution in [0.15, 0.2) is 94.5 Å². The predicted octanol–water partition coefficient (Wildman–Crippen LogP) is 6.69. The number of carbonyl (C=O) groups is 1. The van der Waals surface area contributed by atoms with Gasteiger partial charge in [-0.3, -0.25) is 14.9 Å². The molecule has 0 unspecified atom stereocenters. The first-order valence-corrected chi connectivity index (χ1v) is 13.7. The Kier molecular flexibility index (Phi) is 10.5. The largest absolute Gasteiger partial charge is 0.493 e. The van der Waals surface area contributed by atoms with E-state index in [2.05, 4.69) is 26.5 Å². The van der Waals surface area contributed by atoms with Gasteiger partial charge in [0.05, 0.1) is 29.3 Å². The smallest absolute Gasteiger partial charge is 0.271 e. The maximum absolute atomic E-state index is 12.3. The molecular weight excluding hydrogens is 606 g/mol. The molecule has 0 saturated carbocycles. The van der Waals surface area contributed by atoms with Crippen LogP contribution in [0.4, 0.5) is 5.69 Å². The summed E-state index contributed by atoms with van der Waals surface area (Å²) in [4.78, 5) is 22.6. The number of halogens is 1. The van der Waals surface area contributed by atoms with Gasteiger partial charge in [0.25, 0.3) is 11.6 Å². The van der Waals surface area contributed by atoms with E-state index in [0.29, 0.717) is 46.2 Å². The van der Waals surface area contributed by atoms with E-state index in [-0.39, 0.29) is 17.9 Å². The van der Waals surface area contributed by atoms with Crippen LogP contribution in [0, 0.1) is 10.1 Å². The number of methoxy groups -OCH3 is 1. The molecule has 0 spiro atoms. The van der Waals surface area contributed by atoms with Crippen molar-refractivity contribution in [3.05, 3.63) is 122 Å². The van der Waals surface area contributed by atoms with Gasteiger partial charge in [0.1, 0.15) is 13.2 Å². The Labute approximate surface area is 251 Å². The molecule has 0 bridgehead atoms. The quantitative estimate of drug-likeness (QED) is 0.0989. The number of nitro groups is 1. The van der Waals surface area contributed by atoms with Crippen LogP contribution in [0.3, 0.4) is 0 Å². The minimum atomic E-state index is -0.531. The number of hydrogen-bond donors (Lipinski definition) is 1. The molecule has 10 nitrogen and oxygen atoms in total. The molecular formula is C31H28BrN3O7. The second-order valence-corrected chi connectivity index (χ2v) is 9.67. The lowest BCUT2D eigenvalue weighted by molar-refractivity contribution is -0.384. The Morgan fingerprint density at radius 1 is 0.905 bits per heavy atom. The number of nitro benzene ring substituents is 1. The molecule has 4 rings (SSSR count). The van der Waals surface area contributed by atoms with Crippen LogP contribution in [0.1, 0.15) is 34.0 Å². The minimum Gasteiger partial charge on any atom is -0.493 e. The molecule has 0 radical (unpaired) electrons. The maximum atomic E-state index is 12.3. The normalized spacial score (nSPS) is 10.7. The van der Waals surface area contributed by atoms with Crippen molar-refractivity contribution in [2.24, 2.45) is 5.10 Å². The fraction of sp³-hybridized carbons (Fsp3) is 0.161. The fourth-order valence-corrected chi connectivity index (χ4v) is 4.42. The summed E-state index contributed by atoms with van der Waals surface area (Å²) in [6, 6.07) is 24.3. The van der Waals surface area contributed by atoms with Gasteiger partial charge in [-0.1, -0.05) is 36.4 Å². The highest BCUT2D eigenvalue weighted by molar-refractivity contribution is 9.10. The molecule has 11 heteroatoms. The molecule has 4 aromatic carbocycles. The van der Waals surface area contributed by atoms with Crippen molar-refractivity contribution in [2.75, 3.05) is 13.7 Å². The maximum Gasteiger partial charge on any atom is 0.271 e. The molecule has 0 heterocycles. The number of rotatable bonds is 13. The molecule has 216 valence electrons. The average molecular weight is 634 g/mol. The van der Waals surface area contributed by atoms with Gasteiger partial charge in [-0.2, -0.15) is 5.10 Å². The van der Waals surface area contributed by atoms with E-state index in [1.165, 1.54) is 30.5 Å². The van der Waals surface area contributed by atoms with Gasteiger partial charge < -0.3 is 18.9 Å². The van der Waals surface area contributed by atoms with E-state index >= 15 is 0 Å². The highest BCUT2D eigenvalue weighted by Crippen LogP contribution is 2.38. The van der Waals surface area contributed by atoms with Crippen LogP contribution in [0.25, 0.3) is 0 Å². The molecule has 0 fully saturated rings. The zero-order valence-corrected chi connectivity index (χ0v) is 24.5. The first kappa shape index (κ1) is 30.1. The van der Waals surface area contributed by atoms with Crippen LogP contribution >= 0.6 is 15.9 Å². The van der Waals surface area contributed by atoms with Gasteiger partial charge in [0.15, 0.2) is 23.0 Å². The van der Waals surface area contributed by atoms with Crippen LogP contribution in [-0.4, -0.2) is 30.8 Å². The van der Waals surface area contributed by atoms with Crippen molar-refractivity contribution >= 4 is 33.7 Å². The van der Waals surface area contributed by atoms with E-state index in [9.17, 15) is 14.9 Å². The number of hydrogen-bond acceptors (Lipinski definition) is 8. The number of nitrogens with zero attached hydrogens (tertiary/aromatic N) is 2. The lowest BCUT2D eigenvalue weighted by Crippen LogP contribution is -2.17. The fourth-order valence-electron chi connectivity index (χ4n) is 3.84. The predicted molar refractivity (Wildman–Crippen MR) is 162 cm³/mol. The van der Waals surface area contributed by atoms with Crippen molar-refractivity contribution in [1.82, 2.24) is 5.43 Å². The summed E-state index contributed by atoms with van der Waals surface area (Å²) in [5, 5.41) is 14.8. The van der Waals surface area contributed by atoms with Crippen LogP contribution in [0.5, 0.6) is 23.0 Å². The van der Waals surface area contributed by atoms with Crippen molar-refractivity contribution in [1.29, 1.82) is 0 Å². The first-order valence-electron chi connectivity index (χ1n) is 12.9. The van der Waals surface area contributed by atoms with E-state index in [1.807, 2.05) is 55.5 Å². The monoisotopic (exact) mass is 633 g/mol. The number of ether oxygens (including phenoxy) is 4. The van der Waals surface area contributed by atoms with Gasteiger partial charge >= 0.3 is 0 Å². The van der Waals surface area contributed by atoms with E-state index < -0.39 is 10.8 Å². The van der Waals surface area contributed by atoms with E-state index in [4.69, 9.17) is 18.9 Å². The number of hydrazone groups is 1. The lowest BCUT2D eigenvalue weighted by Gasteiger charge is -2.16. The summed E-state index contributed by atoms with van der Waals surface area (Å²) in [6.07, 6.45) is 1.46. The van der Waals surface area contributed by atoms with Crippen LogP contribution in [0.2, 0.25) is 0 Å². The molecule has 42 heavy (non-hydrogen) atoms. The van der Waals surface area contributed by atoms with Gasteiger partial charge in [0, 0.05) is 17.7 Å². The summed E-state index contributed by atoms with van der Waals surface area (Å²) in [7, 11) is 1.59. The number of non-ortho nitro benzene ring substituents is 1. The number of amides is 1. The Hall–Kier alpha value is -4.90. The van der Waals surface area contributed by atoms with Gasteiger partial charge in [-0.05, 0) is 75.9 Å². The van der Waals surface area contributed by atoms with Gasteiger partial charge in [0.2, 0.25) is 0 Å². The third-order valence-electron chi connectivity index (χ3n) is 5.90. The Morgan fingerprint density at radius 2 is 1.64 bits per heavy atom. The topological polar surface area (TPSA) is 122 Å². The molecule has 0 aromatic heterocycles. The third-order valence-corrected chi connectivity index (χ3v) is 6.49. The second kappa shape index (κ2) is 14.6. The minimum absolute atomic E-state index is 0.102. The Bertz CT molecular complexity index is 1560. The highest BCUT2D eigenvalue weighted by atomic mass is 79.9. The summed E-state index contributed by atoms with van der Waals surface area (Å²) >= 11 is 3.55. The SMILES string of the molecule is CCOc1cc(/C=N/NC(=O)c2ccc([N+](=O)[O-])cc2)cc(Br)c1OCc1ccc(OCc2ccccc2)c(OC)c1. The van der Waals surface area contributed by atoms with Crippen LogP contribution < -0.4 is 24.4 Å². The van der Waals surface area contributed by atoms with Gasteiger partial charge in [-0.15, -0.1) is 0 Å². The molecule has 0 saturated heterocycles. The van der Waals surface area contributed by atoms with Crippen molar-refractivity contribution in [3.8, 4) is 23.0 Å². The molecule has 0 aliphatic heterocycles. The third kappa shape index (κ3) is 8.07. The summed E-state index contributed by atoms with van der Waals surface area (Å²) in [6.45, 7) is 2.93. The van der Waals surface area contributed by atoms with Crippen molar-refractivity contribution in [3.63, 3.8) is 0 Å². The zero-order valence-electron chi connectivity index (χ0n) is 22.9. The standard InChI is InChI=1S/C31H28BrN3O7/c1-3-40-29-17-23(18-33-34-31(36)24-10-12-25(13-11-24)35(37)38)15-26(32)30(29)42-20-22-9-14-27(28(16-22)39-2)41-19-21-7-5-4-6-8-21/h4-18H,3,19-20H2,1-2H3,(H,34,36)/b33-18+. The second-order valence-electron chi connectivity index (χ2n) is 8.81. The molecule has 1 amide bonds. The number of benzene rings is 4. The average Bonchev–Trinajstić information content (AvgIpc) is 3.00. The van der Waals surface area contributed by atoms with Crippen molar-refractivity contribution < 1.29 is 28.7 Å². The van der Waals surface area contributed by atoms with Crippen LogP contribution in [-0.2, 0) is 13.2 Å². The molecule has 0 aliphatic rings. The first-order chi connectivity index (χ1) is 20.4. The van der Waals surface area contributed by atoms with Gasteiger partial charge in [-0.25, -0.2) is 5.43 Å². The highest BCUT2D eigenvalue weighted by Gasteiger charge is 2.14. The van der Waals surface area contributed by atoms with E-state index in [0.717, 1.165) is 11.1 Å². The Morgan fingerprint density at radius 3 is 2.33 bits per heavy atom. The number of carbonyl (C=O) groups excluding carboxylic acids is 1. The lowest BCUT2D eigenvalue weighted by atomic mass is 10.2.